The normalized spacial score (nSPS) is 11.5. The minimum atomic E-state index is -3.80. The van der Waals surface area contributed by atoms with E-state index in [1.165, 1.54) is 41.7 Å². The molecule has 0 aliphatic heterocycles. The Morgan fingerprint density at radius 2 is 1.86 bits per heavy atom. The van der Waals surface area contributed by atoms with Gasteiger partial charge in [-0.1, -0.05) is 6.07 Å². The number of carbonyl (C=O) groups excluding carboxylic acids is 1. The van der Waals surface area contributed by atoms with Crippen molar-refractivity contribution in [2.24, 2.45) is 0 Å². The van der Waals surface area contributed by atoms with Gasteiger partial charge in [-0.2, -0.15) is 0 Å². The number of rotatable bonds is 6. The van der Waals surface area contributed by atoms with Crippen LogP contribution in [0.3, 0.4) is 0 Å². The zero-order valence-electron chi connectivity index (χ0n) is 15.2. The van der Waals surface area contributed by atoms with Crippen molar-refractivity contribution in [3.8, 4) is 0 Å². The van der Waals surface area contributed by atoms with E-state index in [-0.39, 0.29) is 16.6 Å². The maximum absolute atomic E-state index is 12.5. The highest BCUT2D eigenvalue weighted by Gasteiger charge is 2.15. The number of hydrogen-bond acceptors (Lipinski definition) is 6. The van der Waals surface area contributed by atoms with E-state index in [1.807, 2.05) is 17.5 Å². The lowest BCUT2D eigenvalue weighted by molar-refractivity contribution is -0.111. The first kappa shape index (κ1) is 19.7. The fourth-order valence-electron chi connectivity index (χ4n) is 2.41. The molecule has 0 aliphatic carbocycles. The van der Waals surface area contributed by atoms with Gasteiger partial charge in [0.1, 0.15) is 11.6 Å². The van der Waals surface area contributed by atoms with Gasteiger partial charge in [0.15, 0.2) is 0 Å². The van der Waals surface area contributed by atoms with E-state index in [4.69, 9.17) is 0 Å². The Balaban J connectivity index is 1.68. The minimum Gasteiger partial charge on any atom is -0.323 e. The zero-order valence-corrected chi connectivity index (χ0v) is 16.8. The fraction of sp³-hybridized carbons (Fsp3) is 0.105. The average molecular weight is 415 g/mol. The third kappa shape index (κ3) is 5.24. The van der Waals surface area contributed by atoms with E-state index in [1.54, 1.807) is 26.0 Å². The Hall–Kier alpha value is -3.04. The van der Waals surface area contributed by atoms with E-state index in [0.29, 0.717) is 17.2 Å². The molecule has 3 rings (SSSR count). The van der Waals surface area contributed by atoms with E-state index >= 15 is 0 Å². The van der Waals surface area contributed by atoms with Crippen LogP contribution in [0.4, 0.5) is 11.5 Å². The Morgan fingerprint density at radius 3 is 2.50 bits per heavy atom. The summed E-state index contributed by atoms with van der Waals surface area (Å²) < 4.78 is 27.5. The summed E-state index contributed by atoms with van der Waals surface area (Å²) in [5, 5.41) is 4.62. The molecular formula is C19H18N4O3S2. The summed E-state index contributed by atoms with van der Waals surface area (Å²) in [6.45, 7) is 3.45. The second-order valence-corrected chi connectivity index (χ2v) is 8.57. The van der Waals surface area contributed by atoms with Crippen LogP contribution in [-0.2, 0) is 14.8 Å². The maximum atomic E-state index is 12.5. The summed E-state index contributed by atoms with van der Waals surface area (Å²) in [6, 6.07) is 11.3. The number of aromatic nitrogens is 2. The molecule has 0 unspecified atom stereocenters. The predicted molar refractivity (Wildman–Crippen MR) is 111 cm³/mol. The van der Waals surface area contributed by atoms with Crippen molar-refractivity contribution < 1.29 is 13.2 Å². The second-order valence-electron chi connectivity index (χ2n) is 5.91. The molecular weight excluding hydrogens is 396 g/mol. The molecule has 3 aromatic rings. The summed E-state index contributed by atoms with van der Waals surface area (Å²) in [6.07, 6.45) is 3.15. The van der Waals surface area contributed by atoms with Crippen LogP contribution >= 0.6 is 11.3 Å². The third-order valence-electron chi connectivity index (χ3n) is 3.58. The van der Waals surface area contributed by atoms with Gasteiger partial charge < -0.3 is 5.32 Å². The van der Waals surface area contributed by atoms with E-state index in [0.717, 1.165) is 4.88 Å². The average Bonchev–Trinajstić information content (AvgIpc) is 3.13. The van der Waals surface area contributed by atoms with Gasteiger partial charge in [0.25, 0.3) is 10.0 Å². The van der Waals surface area contributed by atoms with Crippen molar-refractivity contribution in [1.82, 2.24) is 9.97 Å². The van der Waals surface area contributed by atoms with Crippen LogP contribution in [0, 0.1) is 13.8 Å². The van der Waals surface area contributed by atoms with Crippen molar-refractivity contribution in [1.29, 1.82) is 0 Å². The summed E-state index contributed by atoms with van der Waals surface area (Å²) in [7, 11) is -3.80. The van der Waals surface area contributed by atoms with Crippen LogP contribution in [0.2, 0.25) is 0 Å². The number of carbonyl (C=O) groups is 1. The van der Waals surface area contributed by atoms with Gasteiger partial charge in [-0.15, -0.1) is 11.3 Å². The Bertz CT molecular complexity index is 1090. The molecule has 0 radical (unpaired) electrons. The highest BCUT2D eigenvalue weighted by Crippen LogP contribution is 2.18. The largest absolute Gasteiger partial charge is 0.323 e. The molecule has 0 atom stereocenters. The summed E-state index contributed by atoms with van der Waals surface area (Å²) in [5.74, 6) is 0.390. The minimum absolute atomic E-state index is 0.0635. The van der Waals surface area contributed by atoms with Crippen molar-refractivity contribution in [2.45, 2.75) is 18.7 Å². The Kier molecular flexibility index (Phi) is 5.86. The molecule has 2 aromatic heterocycles. The molecule has 0 fully saturated rings. The first-order valence-corrected chi connectivity index (χ1v) is 10.7. The monoisotopic (exact) mass is 414 g/mol. The van der Waals surface area contributed by atoms with Crippen LogP contribution in [0.5, 0.6) is 0 Å². The quantitative estimate of drug-likeness (QED) is 0.600. The van der Waals surface area contributed by atoms with Crippen LogP contribution in [0.15, 0.2) is 58.8 Å². The van der Waals surface area contributed by atoms with Gasteiger partial charge >= 0.3 is 0 Å². The molecule has 1 aromatic carbocycles. The topological polar surface area (TPSA) is 101 Å². The van der Waals surface area contributed by atoms with Gasteiger partial charge in [-0.25, -0.2) is 18.4 Å². The van der Waals surface area contributed by atoms with E-state index in [9.17, 15) is 13.2 Å². The Morgan fingerprint density at radius 1 is 1.11 bits per heavy atom. The van der Waals surface area contributed by atoms with Crippen LogP contribution in [0.1, 0.15) is 16.4 Å². The molecule has 9 heteroatoms. The fourth-order valence-corrected chi connectivity index (χ4v) is 4.02. The number of nitrogens with zero attached hydrogens (tertiary/aromatic N) is 2. The van der Waals surface area contributed by atoms with Gasteiger partial charge in [-0.05, 0) is 55.6 Å². The van der Waals surface area contributed by atoms with Gasteiger partial charge in [0.2, 0.25) is 5.91 Å². The zero-order chi connectivity index (χ0) is 20.1. The van der Waals surface area contributed by atoms with Crippen molar-refractivity contribution >= 4 is 44.8 Å². The number of anilines is 2. The van der Waals surface area contributed by atoms with Gasteiger partial charge in [-0.3, -0.25) is 9.52 Å². The molecule has 0 spiro atoms. The molecule has 144 valence electrons. The SMILES string of the molecule is Cc1cc(NS(=O)(=O)c2ccc(NC(=O)/C=C/c3cccs3)cc2)nc(C)n1. The first-order valence-electron chi connectivity index (χ1n) is 8.29. The molecule has 7 nitrogen and oxygen atoms in total. The lowest BCUT2D eigenvalue weighted by Crippen LogP contribution is -2.15. The predicted octanol–water partition coefficient (Wildman–Crippen LogP) is 3.61. The molecule has 2 heterocycles. The second kappa shape index (κ2) is 8.32. The Labute approximate surface area is 167 Å². The lowest BCUT2D eigenvalue weighted by Gasteiger charge is -2.09. The van der Waals surface area contributed by atoms with Crippen LogP contribution < -0.4 is 10.0 Å². The molecule has 0 saturated heterocycles. The number of thiophene rings is 1. The molecule has 1 amide bonds. The first-order chi connectivity index (χ1) is 13.3. The molecule has 0 bridgehead atoms. The number of aryl methyl sites for hydroxylation is 2. The summed E-state index contributed by atoms with van der Waals surface area (Å²) >= 11 is 1.53. The standard InChI is InChI=1S/C19H18N4O3S2/c1-13-12-18(21-14(2)20-13)23-28(25,26)17-8-5-15(6-9-17)22-19(24)10-7-16-4-3-11-27-16/h3-12H,1-2H3,(H,22,24)(H,20,21,23)/b10-7+. The van der Waals surface area contributed by atoms with Crippen molar-refractivity contribution in [3.63, 3.8) is 0 Å². The van der Waals surface area contributed by atoms with Crippen LogP contribution in [0.25, 0.3) is 6.08 Å². The lowest BCUT2D eigenvalue weighted by atomic mass is 10.3. The molecule has 0 aliphatic rings. The molecule has 28 heavy (non-hydrogen) atoms. The number of nitrogens with one attached hydrogen (secondary N) is 2. The van der Waals surface area contributed by atoms with Gasteiger partial charge in [0.05, 0.1) is 4.90 Å². The number of sulfonamides is 1. The van der Waals surface area contributed by atoms with Gasteiger partial charge in [0, 0.05) is 28.4 Å². The molecule has 2 N–H and O–H groups in total. The highest BCUT2D eigenvalue weighted by molar-refractivity contribution is 7.92. The van der Waals surface area contributed by atoms with Crippen molar-refractivity contribution in [2.75, 3.05) is 10.0 Å². The number of hydrogen-bond donors (Lipinski definition) is 2. The number of amides is 1. The van der Waals surface area contributed by atoms with E-state index < -0.39 is 10.0 Å². The van der Waals surface area contributed by atoms with Crippen molar-refractivity contribution in [3.05, 3.63) is 70.3 Å². The third-order valence-corrected chi connectivity index (χ3v) is 5.79. The molecule has 0 saturated carbocycles. The maximum Gasteiger partial charge on any atom is 0.263 e. The van der Waals surface area contributed by atoms with Crippen LogP contribution in [-0.4, -0.2) is 24.3 Å². The smallest absolute Gasteiger partial charge is 0.263 e. The summed E-state index contributed by atoms with van der Waals surface area (Å²) in [5.41, 5.74) is 1.16. The number of benzene rings is 1. The highest BCUT2D eigenvalue weighted by atomic mass is 32.2. The summed E-state index contributed by atoms with van der Waals surface area (Å²) in [4.78, 5) is 21.2. The van der Waals surface area contributed by atoms with E-state index in [2.05, 4.69) is 20.0 Å².